The second-order valence-corrected chi connectivity index (χ2v) is 16.5. The number of azide groups is 1. The molecule has 3 saturated heterocycles. The van der Waals surface area contributed by atoms with Crippen LogP contribution in [0.2, 0.25) is 0 Å². The van der Waals surface area contributed by atoms with E-state index >= 15 is 0 Å². The first-order chi connectivity index (χ1) is 30.7. The largest absolute Gasteiger partial charge is 0.356 e. The van der Waals surface area contributed by atoms with Gasteiger partial charge in [0.2, 0.25) is 47.3 Å². The number of carbonyl (C=O) groups is 8. The number of carbonyl (C=O) groups excluding carboxylic acids is 8. The first kappa shape index (κ1) is 56.7. The van der Waals surface area contributed by atoms with Crippen LogP contribution >= 0.6 is 0 Å². The Morgan fingerprint density at radius 3 is 1.45 bits per heavy atom. The van der Waals surface area contributed by atoms with E-state index in [1.807, 2.05) is 0 Å². The zero-order valence-corrected chi connectivity index (χ0v) is 39.3. The van der Waals surface area contributed by atoms with Gasteiger partial charge in [0.15, 0.2) is 0 Å². The highest BCUT2D eigenvalue weighted by atomic mass is 16.2. The Morgan fingerprint density at radius 1 is 0.738 bits per heavy atom. The number of terminal acetylenes is 1. The Bertz CT molecular complexity index is 1720. The Kier molecular flexibility index (Phi) is 26.2. The van der Waals surface area contributed by atoms with Gasteiger partial charge in [-0.1, -0.05) is 10.3 Å². The summed E-state index contributed by atoms with van der Waals surface area (Å²) in [5.41, 5.74) is 8.09. The highest BCUT2D eigenvalue weighted by Gasteiger charge is 2.54. The molecule has 3 aliphatic rings. The summed E-state index contributed by atoms with van der Waals surface area (Å²) in [7, 11) is 0. The number of aryl methyl sites for hydroxylation is 1. The number of rotatable bonds is 24. The minimum atomic E-state index is -0.591. The van der Waals surface area contributed by atoms with Crippen molar-refractivity contribution in [3.8, 4) is 12.3 Å². The second-order valence-electron chi connectivity index (χ2n) is 16.5. The molecule has 8 amide bonds. The van der Waals surface area contributed by atoms with Crippen molar-refractivity contribution in [1.29, 1.82) is 0 Å². The molecule has 65 heavy (non-hydrogen) atoms. The molecule has 3 aliphatic heterocycles. The van der Waals surface area contributed by atoms with Crippen LogP contribution in [-0.2, 0) is 44.9 Å². The summed E-state index contributed by atoms with van der Waals surface area (Å²) in [5.74, 6) is 0.918. The van der Waals surface area contributed by atoms with Crippen molar-refractivity contribution < 1.29 is 38.4 Å². The SMILES string of the molecule is C#CC.CC(=O)NCC1CC2(NC(=O)CN=[N+]=[N-])C[C@@H](CNC(C)=O)N1[C@@H](CNC(C)=O)C2.CC(=O)NCCCC(CCCNC(C)=O)(CCCNC(C)=O)NC(=O)Cn1cc(C)nn1. The standard InChI is InChI=1S/C21H37N7O4.C18H30N8O4.C3H4/c1-16-14-28(27-26-16)15-20(32)25-21(8-5-11-22-17(2)29,9-6-12-23-18(3)30)10-7-13-24-19(4)31;1-11(27)20-7-14-4-18(24-17(30)10-23-25-19)5-15(8-21-12(2)28)26(14)16(6-18)9-22-13(3)29;1-3-2/h14H,5-13,15H2,1-4H3,(H,22,29)(H,23,30)(H,24,31)(H,25,32);14-16H,4-10H2,1-3H3,(H,20,27)(H,21,28)(H,22,29)(H,24,30);1H,2H3/t;14-,15+,16?,18?;. The van der Waals surface area contributed by atoms with Crippen LogP contribution in [0.3, 0.4) is 0 Å². The average Bonchev–Trinajstić information content (AvgIpc) is 3.63. The van der Waals surface area contributed by atoms with Crippen molar-refractivity contribution in [1.82, 2.24) is 62.4 Å². The molecular weight excluding hydrogens is 843 g/mol. The molecule has 1 aromatic rings. The van der Waals surface area contributed by atoms with Gasteiger partial charge in [-0.15, -0.1) is 17.4 Å². The van der Waals surface area contributed by atoms with Gasteiger partial charge >= 0.3 is 0 Å². The highest BCUT2D eigenvalue weighted by Crippen LogP contribution is 2.43. The van der Waals surface area contributed by atoms with E-state index in [9.17, 15) is 38.4 Å². The van der Waals surface area contributed by atoms with Gasteiger partial charge in [0.25, 0.3) is 0 Å². The Labute approximate surface area is 381 Å². The maximum absolute atomic E-state index is 12.9. The molecule has 4 rings (SSSR count). The van der Waals surface area contributed by atoms with E-state index < -0.39 is 11.1 Å². The number of hydrogen-bond acceptors (Lipinski definition) is 12. The average molecular weight is 914 g/mol. The first-order valence-electron chi connectivity index (χ1n) is 21.8. The lowest BCUT2D eigenvalue weighted by molar-refractivity contribution is -0.131. The van der Waals surface area contributed by atoms with Crippen molar-refractivity contribution in [3.05, 3.63) is 22.3 Å². The number of fused-ring (bicyclic) bond motifs is 3. The predicted molar refractivity (Wildman–Crippen MR) is 242 cm³/mol. The fourth-order valence-corrected chi connectivity index (χ4v) is 8.31. The van der Waals surface area contributed by atoms with Gasteiger partial charge in [-0.2, -0.15) is 0 Å². The van der Waals surface area contributed by atoms with Gasteiger partial charge in [0.05, 0.1) is 5.69 Å². The summed E-state index contributed by atoms with van der Waals surface area (Å²) >= 11 is 0. The number of nitrogens with one attached hydrogen (secondary N) is 8. The topological polar surface area (TPSA) is 316 Å². The fourth-order valence-electron chi connectivity index (χ4n) is 8.31. The Hall–Kier alpha value is -6.27. The summed E-state index contributed by atoms with van der Waals surface area (Å²) in [4.78, 5) is 98.3. The minimum absolute atomic E-state index is 0.0473. The molecule has 2 bridgehead atoms. The molecule has 3 unspecified atom stereocenters. The van der Waals surface area contributed by atoms with E-state index in [1.165, 1.54) is 46.2 Å². The number of nitrogens with zero attached hydrogens (tertiary/aromatic N) is 7. The molecule has 362 valence electrons. The molecule has 0 radical (unpaired) electrons. The van der Waals surface area contributed by atoms with E-state index in [0.29, 0.717) is 97.1 Å². The van der Waals surface area contributed by atoms with Crippen LogP contribution in [0.15, 0.2) is 11.3 Å². The van der Waals surface area contributed by atoms with Gasteiger partial charge in [0.1, 0.15) is 13.1 Å². The fraction of sp³-hybridized carbons (Fsp3) is 0.714. The van der Waals surface area contributed by atoms with Gasteiger partial charge in [-0.3, -0.25) is 43.3 Å². The molecule has 0 aromatic carbocycles. The summed E-state index contributed by atoms with van der Waals surface area (Å²) in [6, 6.07) is -0.268. The van der Waals surface area contributed by atoms with Gasteiger partial charge in [0, 0.05) is 121 Å². The van der Waals surface area contributed by atoms with Crippen molar-refractivity contribution in [2.45, 2.75) is 149 Å². The molecule has 4 heterocycles. The van der Waals surface area contributed by atoms with E-state index in [4.69, 9.17) is 5.53 Å². The molecule has 8 N–H and O–H groups in total. The predicted octanol–water partition coefficient (Wildman–Crippen LogP) is -0.00478. The molecule has 0 saturated carbocycles. The van der Waals surface area contributed by atoms with Crippen molar-refractivity contribution >= 4 is 47.3 Å². The number of amides is 8. The zero-order valence-electron chi connectivity index (χ0n) is 39.3. The molecule has 5 atom stereocenters. The van der Waals surface area contributed by atoms with Crippen LogP contribution in [0.5, 0.6) is 0 Å². The van der Waals surface area contributed by atoms with E-state index in [1.54, 1.807) is 20.0 Å². The number of piperidine rings is 3. The van der Waals surface area contributed by atoms with Crippen LogP contribution in [-0.4, -0.2) is 142 Å². The lowest BCUT2D eigenvalue weighted by Gasteiger charge is -2.60. The van der Waals surface area contributed by atoms with Crippen molar-refractivity contribution in [2.75, 3.05) is 45.8 Å². The smallest absolute Gasteiger partial charge is 0.242 e. The van der Waals surface area contributed by atoms with Crippen molar-refractivity contribution in [3.63, 3.8) is 0 Å². The van der Waals surface area contributed by atoms with Crippen molar-refractivity contribution in [2.24, 2.45) is 5.11 Å². The van der Waals surface area contributed by atoms with Crippen LogP contribution < -0.4 is 42.5 Å². The first-order valence-corrected chi connectivity index (χ1v) is 21.8. The van der Waals surface area contributed by atoms with Gasteiger partial charge < -0.3 is 42.5 Å². The molecule has 23 nitrogen and oxygen atoms in total. The quantitative estimate of drug-likeness (QED) is 0.0224. The van der Waals surface area contributed by atoms with Crippen LogP contribution in [0.25, 0.3) is 10.4 Å². The number of aromatic nitrogens is 3. The van der Waals surface area contributed by atoms with Gasteiger partial charge in [-0.05, 0) is 77.2 Å². The zero-order chi connectivity index (χ0) is 49.0. The lowest BCUT2D eigenvalue weighted by atomic mass is 9.69. The maximum Gasteiger partial charge on any atom is 0.242 e. The molecule has 1 aromatic heterocycles. The number of hydrogen-bond donors (Lipinski definition) is 8. The van der Waals surface area contributed by atoms with E-state index in [0.717, 1.165) is 5.69 Å². The van der Waals surface area contributed by atoms with E-state index in [-0.39, 0.29) is 78.5 Å². The maximum atomic E-state index is 12.9. The third-order valence-corrected chi connectivity index (χ3v) is 10.6. The summed E-state index contributed by atoms with van der Waals surface area (Å²) in [6.45, 7) is 14.6. The summed E-state index contributed by atoms with van der Waals surface area (Å²) in [5, 5.41) is 34.3. The third-order valence-electron chi connectivity index (χ3n) is 10.6. The van der Waals surface area contributed by atoms with Gasteiger partial charge in [-0.25, -0.2) is 4.68 Å². The lowest BCUT2D eigenvalue weighted by Crippen LogP contribution is -2.75. The normalized spacial score (nSPS) is 19.1. The molecular formula is C42H71N15O8. The molecule has 0 aliphatic carbocycles. The minimum Gasteiger partial charge on any atom is -0.356 e. The second kappa shape index (κ2) is 30.0. The Morgan fingerprint density at radius 2 is 1.12 bits per heavy atom. The summed E-state index contributed by atoms with van der Waals surface area (Å²) < 4.78 is 1.49. The molecule has 0 spiro atoms. The molecule has 3 fully saturated rings. The van der Waals surface area contributed by atoms with Crippen LogP contribution in [0.4, 0.5) is 0 Å². The highest BCUT2D eigenvalue weighted by molar-refractivity contribution is 5.79. The van der Waals surface area contributed by atoms with E-state index in [2.05, 4.69) is 80.1 Å². The van der Waals surface area contributed by atoms with Crippen LogP contribution in [0.1, 0.15) is 112 Å². The Balaban J connectivity index is 0.000000613. The monoisotopic (exact) mass is 914 g/mol. The van der Waals surface area contributed by atoms with Crippen LogP contribution in [0, 0.1) is 19.3 Å². The molecule has 23 heteroatoms. The third kappa shape index (κ3) is 23.8. The summed E-state index contributed by atoms with van der Waals surface area (Å²) in [6.07, 6.45) is 12.1.